The molecule has 0 aliphatic rings. The summed E-state index contributed by atoms with van der Waals surface area (Å²) < 4.78 is 0. The van der Waals surface area contributed by atoms with Crippen LogP contribution in [0.5, 0.6) is 0 Å². The maximum atomic E-state index is 4.61. The van der Waals surface area contributed by atoms with Crippen molar-refractivity contribution in [2.45, 2.75) is 26.7 Å². The Balaban J connectivity index is 0.000000276. The van der Waals surface area contributed by atoms with Gasteiger partial charge in [-0.05, 0) is 17.5 Å². The Hall–Kier alpha value is -2.61. The van der Waals surface area contributed by atoms with Crippen LogP contribution >= 0.6 is 0 Å². The van der Waals surface area contributed by atoms with Gasteiger partial charge in [0.1, 0.15) is 0 Å². The van der Waals surface area contributed by atoms with Gasteiger partial charge in [0.25, 0.3) is 0 Å². The molecule has 182 valence electrons. The number of nitrogens with zero attached hydrogens (tertiary/aromatic N) is 1. The van der Waals surface area contributed by atoms with E-state index in [2.05, 4.69) is 124 Å². The van der Waals surface area contributed by atoms with Crippen LogP contribution in [0.4, 0.5) is 0 Å². The molecule has 1 nitrogen and oxygen atoms in total. The van der Waals surface area contributed by atoms with Crippen molar-refractivity contribution in [2.75, 3.05) is 0 Å². The van der Waals surface area contributed by atoms with Crippen molar-refractivity contribution in [3.8, 4) is 11.1 Å². The number of para-hydroxylation sites is 1. The summed E-state index contributed by atoms with van der Waals surface area (Å²) in [6.07, 6.45) is 1.87. The molecule has 1 heterocycles. The van der Waals surface area contributed by atoms with Crippen LogP contribution in [-0.2, 0) is 23.3 Å². The van der Waals surface area contributed by atoms with Gasteiger partial charge in [0.2, 0.25) is 0 Å². The Morgan fingerprint density at radius 3 is 2.11 bits per heavy atom. The summed E-state index contributed by atoms with van der Waals surface area (Å²) in [5.41, 5.74) is 6.31. The third-order valence-corrected chi connectivity index (χ3v) is 6.12. The predicted molar refractivity (Wildman–Crippen MR) is 157 cm³/mol. The summed E-state index contributed by atoms with van der Waals surface area (Å²) in [7, 11) is 0. The van der Waals surface area contributed by atoms with E-state index in [1.165, 1.54) is 72.5 Å². The number of hydrogen-bond donors (Lipinski definition) is 0. The second kappa shape index (κ2) is 13.6. The Bertz CT molecular complexity index is 1500. The van der Waals surface area contributed by atoms with Gasteiger partial charge in [-0.15, -0.1) is 75.1 Å². The van der Waals surface area contributed by atoms with Crippen molar-refractivity contribution in [1.29, 1.82) is 0 Å². The van der Waals surface area contributed by atoms with Gasteiger partial charge in [-0.3, -0.25) is 4.98 Å². The average Bonchev–Trinajstić information content (AvgIpc) is 3.48. The van der Waals surface area contributed by atoms with Crippen molar-refractivity contribution in [2.24, 2.45) is 0 Å². The molecule has 0 unspecified atom stereocenters. The Labute approximate surface area is 233 Å². The van der Waals surface area contributed by atoms with Gasteiger partial charge >= 0.3 is 30.2 Å². The molecule has 0 aliphatic carbocycles. The third kappa shape index (κ3) is 6.38. The normalized spacial score (nSPS) is 10.1. The molecule has 0 fully saturated rings. The van der Waals surface area contributed by atoms with E-state index in [9.17, 15) is 0 Å². The summed E-state index contributed by atoms with van der Waals surface area (Å²) in [5, 5.41) is 6.52. The fraction of sp³-hybridized carbons (Fsp3) is 0.121. The Kier molecular flexibility index (Phi) is 11.2. The molecule has 6 rings (SSSR count). The molecule has 0 aliphatic heterocycles. The second-order valence-electron chi connectivity index (χ2n) is 8.79. The van der Waals surface area contributed by atoms with Crippen molar-refractivity contribution in [3.05, 3.63) is 129 Å². The fourth-order valence-corrected chi connectivity index (χ4v) is 4.45. The monoisotopic (exact) mass is 561 g/mol. The zero-order valence-corrected chi connectivity index (χ0v) is 25.3. The van der Waals surface area contributed by atoms with E-state index in [1.807, 2.05) is 12.3 Å². The molecule has 0 amide bonds. The van der Waals surface area contributed by atoms with E-state index in [0.29, 0.717) is 5.92 Å². The van der Waals surface area contributed by atoms with Crippen LogP contribution in [0.3, 0.4) is 0 Å². The van der Waals surface area contributed by atoms with Gasteiger partial charge in [0.15, 0.2) is 0 Å². The van der Waals surface area contributed by atoms with Crippen LogP contribution in [0.1, 0.15) is 30.9 Å². The molecular formula is C33H33NSiZr-4. The maximum absolute atomic E-state index is 4.61. The molecule has 0 bridgehead atoms. The first-order chi connectivity index (χ1) is 16.6. The van der Waals surface area contributed by atoms with Gasteiger partial charge in [-0.1, -0.05) is 62.7 Å². The standard InChI is InChI=1S/C21H18N.C10H9.2CH3.Si.Zr/c1-14(2)17-12-16-7-4-9-18(20(16)13-17)19-10-3-6-15-8-5-11-22-21(15)19;1-8-6-9-4-2-3-5-10(9)7-8;;;;/h3-14H,1-2H3;2-7H,1H3;2*1H3;;/q4*-1;;. The summed E-state index contributed by atoms with van der Waals surface area (Å²) in [5.74, 6) is 0.547. The van der Waals surface area contributed by atoms with Crippen LogP contribution in [0.25, 0.3) is 43.6 Å². The topological polar surface area (TPSA) is 12.9 Å². The number of fused-ring (bicyclic) bond motifs is 3. The molecule has 2 radical (unpaired) electrons. The van der Waals surface area contributed by atoms with E-state index < -0.39 is 0 Å². The molecule has 0 spiro atoms. The van der Waals surface area contributed by atoms with E-state index in [4.69, 9.17) is 0 Å². The van der Waals surface area contributed by atoms with Crippen LogP contribution < -0.4 is 0 Å². The van der Waals surface area contributed by atoms with Crippen LogP contribution in [0.15, 0.2) is 103 Å². The minimum atomic E-state index is 0. The molecule has 1 aromatic heterocycles. The summed E-state index contributed by atoms with van der Waals surface area (Å²) in [6, 6.07) is 34.5. The first-order valence-corrected chi connectivity index (χ1v) is 15.7. The SMILES string of the molecule is CC(C)c1cc2c(-c3cccc4cccnc34)cccc2[cH-]1.Cc1cc2ccccc2[cH-]1.[CH3-].[CH3-].[Si]=[Zr]. The number of benzene rings is 3. The molecular weight excluding hydrogens is 530 g/mol. The van der Waals surface area contributed by atoms with Gasteiger partial charge in [-0.2, -0.15) is 12.1 Å². The molecule has 0 saturated heterocycles. The second-order valence-corrected chi connectivity index (χ2v) is 8.79. The van der Waals surface area contributed by atoms with Gasteiger partial charge in [0, 0.05) is 11.6 Å². The number of pyridine rings is 1. The number of aryl methyl sites for hydroxylation is 1. The quantitative estimate of drug-likeness (QED) is 0.151. The van der Waals surface area contributed by atoms with Crippen molar-refractivity contribution in [3.63, 3.8) is 0 Å². The van der Waals surface area contributed by atoms with E-state index in [-0.39, 0.29) is 14.9 Å². The Morgan fingerprint density at radius 2 is 1.36 bits per heavy atom. The van der Waals surface area contributed by atoms with E-state index in [1.54, 1.807) is 0 Å². The molecule has 0 saturated carbocycles. The van der Waals surface area contributed by atoms with Crippen molar-refractivity contribution < 1.29 is 23.3 Å². The molecule has 5 aromatic carbocycles. The first-order valence-electron chi connectivity index (χ1n) is 11.5. The molecule has 6 aromatic rings. The number of aromatic nitrogens is 1. The van der Waals surface area contributed by atoms with Crippen molar-refractivity contribution in [1.82, 2.24) is 4.98 Å². The minimum absolute atomic E-state index is 0. The van der Waals surface area contributed by atoms with Gasteiger partial charge in [-0.25, -0.2) is 0 Å². The zero-order valence-electron chi connectivity index (χ0n) is 21.8. The zero-order chi connectivity index (χ0) is 24.1. The molecule has 36 heavy (non-hydrogen) atoms. The summed E-state index contributed by atoms with van der Waals surface area (Å²) in [4.78, 5) is 4.61. The number of hydrogen-bond acceptors (Lipinski definition) is 1. The third-order valence-electron chi connectivity index (χ3n) is 6.12. The number of rotatable bonds is 2. The summed E-state index contributed by atoms with van der Waals surface area (Å²) in [6.45, 7) is 9.67. The van der Waals surface area contributed by atoms with Gasteiger partial charge < -0.3 is 14.9 Å². The summed E-state index contributed by atoms with van der Waals surface area (Å²) >= 11 is 1.36. The first kappa shape index (κ1) is 29.6. The van der Waals surface area contributed by atoms with E-state index >= 15 is 0 Å². The van der Waals surface area contributed by atoms with Crippen molar-refractivity contribution >= 4 is 39.3 Å². The molecule has 3 heteroatoms. The van der Waals surface area contributed by atoms with E-state index in [0.717, 1.165) is 5.52 Å². The predicted octanol–water partition coefficient (Wildman–Crippen LogP) is 9.28. The van der Waals surface area contributed by atoms with Crippen LogP contribution in [0.2, 0.25) is 0 Å². The average molecular weight is 563 g/mol. The Morgan fingerprint density at radius 1 is 0.722 bits per heavy atom. The molecule has 0 N–H and O–H groups in total. The fourth-order valence-electron chi connectivity index (χ4n) is 4.45. The van der Waals surface area contributed by atoms with Gasteiger partial charge in [0.05, 0.1) is 5.52 Å². The van der Waals surface area contributed by atoms with Crippen LogP contribution in [-0.4, -0.2) is 11.9 Å². The molecule has 0 atom stereocenters. The van der Waals surface area contributed by atoms with Crippen LogP contribution in [0, 0.1) is 21.8 Å².